The predicted octanol–water partition coefficient (Wildman–Crippen LogP) is 2.95. The highest BCUT2D eigenvalue weighted by atomic mass is 19.1. The average molecular weight is 300 g/mol. The molecule has 0 aliphatic rings. The number of hydrogen-bond acceptors (Lipinski definition) is 3. The number of amidine groups is 1. The van der Waals surface area contributed by atoms with Crippen molar-refractivity contribution in [3.8, 4) is 5.75 Å². The summed E-state index contributed by atoms with van der Waals surface area (Å²) in [4.78, 5) is 26.9. The smallest absolute Gasteiger partial charge is 0.409 e. The van der Waals surface area contributed by atoms with E-state index in [0.29, 0.717) is 5.75 Å². The number of ketones is 1. The van der Waals surface area contributed by atoms with Gasteiger partial charge in [0.2, 0.25) is 0 Å². The third-order valence-electron chi connectivity index (χ3n) is 2.69. The van der Waals surface area contributed by atoms with E-state index < -0.39 is 11.9 Å². The predicted molar refractivity (Wildman–Crippen MR) is 79.4 cm³/mol. The highest BCUT2D eigenvalue weighted by Crippen LogP contribution is 2.09. The summed E-state index contributed by atoms with van der Waals surface area (Å²) in [6.45, 7) is 0. The molecule has 1 amide bonds. The third-order valence-corrected chi connectivity index (χ3v) is 2.69. The summed E-state index contributed by atoms with van der Waals surface area (Å²) < 4.78 is 17.7. The van der Waals surface area contributed by atoms with Gasteiger partial charge in [0.1, 0.15) is 17.4 Å². The standard InChI is InChI=1S/C16H13FN2O3/c17-12-8-6-11(7-9-12)14(20)10-15(18)19-16(21)22-13-4-2-1-3-5-13/h1-9H,10H2,(H2,18,19,21). The molecule has 0 aromatic heterocycles. The van der Waals surface area contributed by atoms with Crippen LogP contribution in [0.3, 0.4) is 0 Å². The third kappa shape index (κ3) is 4.52. The number of nitrogens with two attached hydrogens (primary N) is 1. The second-order valence-corrected chi connectivity index (χ2v) is 4.39. The van der Waals surface area contributed by atoms with Gasteiger partial charge in [0.05, 0.1) is 6.42 Å². The number of carbonyl (C=O) groups excluding carboxylic acids is 2. The first-order chi connectivity index (χ1) is 10.5. The van der Waals surface area contributed by atoms with E-state index in [9.17, 15) is 14.0 Å². The number of amides is 1. The Morgan fingerprint density at radius 2 is 1.68 bits per heavy atom. The monoisotopic (exact) mass is 300 g/mol. The first-order valence-electron chi connectivity index (χ1n) is 6.43. The van der Waals surface area contributed by atoms with Crippen molar-refractivity contribution in [3.63, 3.8) is 0 Å². The van der Waals surface area contributed by atoms with E-state index in [4.69, 9.17) is 10.5 Å². The van der Waals surface area contributed by atoms with Crippen LogP contribution in [0.15, 0.2) is 59.6 Å². The van der Waals surface area contributed by atoms with Crippen molar-refractivity contribution in [2.75, 3.05) is 0 Å². The summed E-state index contributed by atoms with van der Waals surface area (Å²) in [6.07, 6.45) is -1.16. The molecule has 112 valence electrons. The van der Waals surface area contributed by atoms with Crippen LogP contribution in [0.2, 0.25) is 0 Å². The molecule has 0 atom stereocenters. The van der Waals surface area contributed by atoms with Gasteiger partial charge >= 0.3 is 6.09 Å². The van der Waals surface area contributed by atoms with Gasteiger partial charge in [0.25, 0.3) is 0 Å². The van der Waals surface area contributed by atoms with Crippen molar-refractivity contribution in [1.29, 1.82) is 0 Å². The Labute approximate surface area is 126 Å². The van der Waals surface area contributed by atoms with Gasteiger partial charge in [-0.15, -0.1) is 0 Å². The molecular formula is C16H13FN2O3. The number of benzene rings is 2. The highest BCUT2D eigenvalue weighted by Gasteiger charge is 2.10. The topological polar surface area (TPSA) is 81.8 Å². The fourth-order valence-corrected chi connectivity index (χ4v) is 1.67. The Bertz CT molecular complexity index is 697. The molecule has 2 N–H and O–H groups in total. The number of nitrogens with zero attached hydrogens (tertiary/aromatic N) is 1. The minimum absolute atomic E-state index is 0.171. The largest absolute Gasteiger partial charge is 0.440 e. The fourth-order valence-electron chi connectivity index (χ4n) is 1.67. The number of rotatable bonds is 4. The maximum atomic E-state index is 12.8. The number of carbonyl (C=O) groups is 2. The molecule has 2 rings (SSSR count). The van der Waals surface area contributed by atoms with Crippen LogP contribution in [-0.4, -0.2) is 17.7 Å². The van der Waals surface area contributed by atoms with Crippen LogP contribution in [-0.2, 0) is 0 Å². The van der Waals surface area contributed by atoms with E-state index in [1.807, 2.05) is 0 Å². The van der Waals surface area contributed by atoms with Gasteiger partial charge in [-0.25, -0.2) is 9.18 Å². The van der Waals surface area contributed by atoms with Crippen molar-refractivity contribution in [2.24, 2.45) is 10.7 Å². The number of para-hydroxylation sites is 1. The van der Waals surface area contributed by atoms with E-state index in [-0.39, 0.29) is 23.6 Å². The lowest BCUT2D eigenvalue weighted by Gasteiger charge is -2.02. The molecule has 5 nitrogen and oxygen atoms in total. The molecule has 0 fully saturated rings. The molecule has 22 heavy (non-hydrogen) atoms. The van der Waals surface area contributed by atoms with Gasteiger partial charge in [-0.3, -0.25) is 4.79 Å². The number of Topliss-reactive ketones (excluding diaryl/α,β-unsaturated/α-hetero) is 1. The molecule has 0 saturated carbocycles. The van der Waals surface area contributed by atoms with Gasteiger partial charge in [-0.1, -0.05) is 18.2 Å². The summed E-state index contributed by atoms with van der Waals surface area (Å²) in [7, 11) is 0. The maximum absolute atomic E-state index is 12.8. The summed E-state index contributed by atoms with van der Waals surface area (Å²) in [5, 5.41) is 0. The maximum Gasteiger partial charge on any atom is 0.440 e. The molecule has 2 aromatic rings. The van der Waals surface area contributed by atoms with E-state index in [1.54, 1.807) is 30.3 Å². The molecule has 0 unspecified atom stereocenters. The van der Waals surface area contributed by atoms with E-state index in [2.05, 4.69) is 4.99 Å². The molecule has 0 bridgehead atoms. The minimum Gasteiger partial charge on any atom is -0.409 e. The normalized spacial score (nSPS) is 11.0. The summed E-state index contributed by atoms with van der Waals surface area (Å²) in [5.74, 6) is -0.650. The summed E-state index contributed by atoms with van der Waals surface area (Å²) >= 11 is 0. The van der Waals surface area contributed by atoms with Gasteiger partial charge < -0.3 is 10.5 Å². The Morgan fingerprint density at radius 3 is 2.32 bits per heavy atom. The second-order valence-electron chi connectivity index (χ2n) is 4.39. The second kappa shape index (κ2) is 7.12. The SMILES string of the molecule is NC(CC(=O)c1ccc(F)cc1)=NC(=O)Oc1ccccc1. The molecule has 0 radical (unpaired) electrons. The van der Waals surface area contributed by atoms with Crippen LogP contribution in [0.4, 0.5) is 9.18 Å². The van der Waals surface area contributed by atoms with Crippen LogP contribution in [0.1, 0.15) is 16.8 Å². The Balaban J connectivity index is 1.95. The first-order valence-corrected chi connectivity index (χ1v) is 6.43. The van der Waals surface area contributed by atoms with Crippen molar-refractivity contribution >= 4 is 17.7 Å². The Morgan fingerprint density at radius 1 is 1.05 bits per heavy atom. The van der Waals surface area contributed by atoms with Crippen LogP contribution in [0, 0.1) is 5.82 Å². The number of halogens is 1. The molecule has 0 aliphatic heterocycles. The number of hydrogen-bond donors (Lipinski definition) is 1. The van der Waals surface area contributed by atoms with Crippen molar-refractivity contribution < 1.29 is 18.7 Å². The van der Waals surface area contributed by atoms with Crippen LogP contribution >= 0.6 is 0 Å². The fraction of sp³-hybridized carbons (Fsp3) is 0.0625. The molecule has 6 heteroatoms. The lowest BCUT2D eigenvalue weighted by atomic mass is 10.1. The lowest BCUT2D eigenvalue weighted by Crippen LogP contribution is -2.20. The highest BCUT2D eigenvalue weighted by molar-refractivity contribution is 6.10. The Kier molecular flexibility index (Phi) is 4.98. The van der Waals surface area contributed by atoms with Gasteiger partial charge in [0, 0.05) is 5.56 Å². The van der Waals surface area contributed by atoms with Gasteiger partial charge in [0.15, 0.2) is 5.78 Å². The lowest BCUT2D eigenvalue weighted by molar-refractivity contribution is 0.100. The number of ether oxygens (including phenoxy) is 1. The van der Waals surface area contributed by atoms with Crippen molar-refractivity contribution in [3.05, 3.63) is 66.0 Å². The van der Waals surface area contributed by atoms with Crippen molar-refractivity contribution in [2.45, 2.75) is 6.42 Å². The molecule has 0 saturated heterocycles. The molecule has 0 spiro atoms. The van der Waals surface area contributed by atoms with E-state index in [1.165, 1.54) is 24.3 Å². The zero-order valence-electron chi connectivity index (χ0n) is 11.5. The average Bonchev–Trinajstić information content (AvgIpc) is 2.48. The summed E-state index contributed by atoms with van der Waals surface area (Å²) in [5.41, 5.74) is 5.84. The van der Waals surface area contributed by atoms with E-state index >= 15 is 0 Å². The first kappa shape index (κ1) is 15.4. The van der Waals surface area contributed by atoms with Gasteiger partial charge in [-0.05, 0) is 36.4 Å². The zero-order chi connectivity index (χ0) is 15.9. The molecule has 2 aromatic carbocycles. The van der Waals surface area contributed by atoms with Crippen LogP contribution in [0.25, 0.3) is 0 Å². The van der Waals surface area contributed by atoms with Gasteiger partial charge in [-0.2, -0.15) is 4.99 Å². The van der Waals surface area contributed by atoms with Crippen molar-refractivity contribution in [1.82, 2.24) is 0 Å². The molecular weight excluding hydrogens is 287 g/mol. The van der Waals surface area contributed by atoms with Crippen LogP contribution in [0.5, 0.6) is 5.75 Å². The molecule has 0 heterocycles. The number of aliphatic imine (C=N–C) groups is 1. The summed E-state index contributed by atoms with van der Waals surface area (Å²) in [6, 6.07) is 13.4. The zero-order valence-corrected chi connectivity index (χ0v) is 11.5. The van der Waals surface area contributed by atoms with Crippen LogP contribution < -0.4 is 10.5 Å². The minimum atomic E-state index is -0.907. The Hall–Kier alpha value is -3.02. The van der Waals surface area contributed by atoms with E-state index in [0.717, 1.165) is 0 Å². The quantitative estimate of drug-likeness (QED) is 0.534. The molecule has 0 aliphatic carbocycles.